The molecule has 5 nitrogen and oxygen atoms in total. The van der Waals surface area contributed by atoms with Gasteiger partial charge in [-0.25, -0.2) is 9.37 Å². The van der Waals surface area contributed by atoms with Gasteiger partial charge >= 0.3 is 0 Å². The van der Waals surface area contributed by atoms with Crippen LogP contribution in [0.3, 0.4) is 0 Å². The standard InChI is InChI=1S/C14H12ClFN4O/c15-12-11-7-20(13(21)10(11)1-4-17-12)9-5-18-19(6-9)8-14(16)2-3-14/h1,4-6H,2-3,7-8H2. The van der Waals surface area contributed by atoms with Crippen molar-refractivity contribution in [2.75, 3.05) is 4.90 Å². The molecule has 4 rings (SSSR count). The second kappa shape index (κ2) is 4.27. The molecule has 3 heterocycles. The van der Waals surface area contributed by atoms with E-state index in [0.29, 0.717) is 35.8 Å². The number of pyridine rings is 1. The number of carbonyl (C=O) groups excluding carboxylic acids is 1. The molecule has 1 fully saturated rings. The summed E-state index contributed by atoms with van der Waals surface area (Å²) < 4.78 is 15.3. The van der Waals surface area contributed by atoms with E-state index in [9.17, 15) is 9.18 Å². The van der Waals surface area contributed by atoms with Crippen LogP contribution < -0.4 is 4.90 Å². The number of amides is 1. The van der Waals surface area contributed by atoms with E-state index < -0.39 is 5.67 Å². The Hall–Kier alpha value is -1.95. The first-order chi connectivity index (χ1) is 10.1. The van der Waals surface area contributed by atoms with Crippen molar-refractivity contribution in [1.82, 2.24) is 14.8 Å². The number of halogens is 2. The van der Waals surface area contributed by atoms with Crippen molar-refractivity contribution in [1.29, 1.82) is 0 Å². The fraction of sp³-hybridized carbons (Fsp3) is 0.357. The maximum absolute atomic E-state index is 13.7. The highest BCUT2D eigenvalue weighted by atomic mass is 35.5. The highest BCUT2D eigenvalue weighted by molar-refractivity contribution is 6.31. The number of alkyl halides is 1. The van der Waals surface area contributed by atoms with Gasteiger partial charge in [0.15, 0.2) is 0 Å². The molecule has 0 radical (unpaired) electrons. The van der Waals surface area contributed by atoms with E-state index in [1.807, 2.05) is 0 Å². The van der Waals surface area contributed by atoms with Gasteiger partial charge in [-0.3, -0.25) is 9.48 Å². The number of anilines is 1. The van der Waals surface area contributed by atoms with E-state index >= 15 is 0 Å². The van der Waals surface area contributed by atoms with Crippen molar-refractivity contribution in [3.05, 3.63) is 40.9 Å². The second-order valence-electron chi connectivity index (χ2n) is 5.57. The first-order valence-corrected chi connectivity index (χ1v) is 7.10. The highest BCUT2D eigenvalue weighted by Gasteiger charge is 2.44. The number of rotatable bonds is 3. The Morgan fingerprint density at radius 1 is 1.43 bits per heavy atom. The molecule has 1 saturated carbocycles. The van der Waals surface area contributed by atoms with Gasteiger partial charge in [0.25, 0.3) is 5.91 Å². The Morgan fingerprint density at radius 3 is 2.95 bits per heavy atom. The van der Waals surface area contributed by atoms with Crippen LogP contribution in [0.15, 0.2) is 24.7 Å². The lowest BCUT2D eigenvalue weighted by molar-refractivity contribution is 0.0996. The lowest BCUT2D eigenvalue weighted by Crippen LogP contribution is -2.22. The van der Waals surface area contributed by atoms with Crippen LogP contribution >= 0.6 is 11.6 Å². The predicted octanol–water partition coefficient (Wildman–Crippen LogP) is 2.59. The van der Waals surface area contributed by atoms with Gasteiger partial charge in [-0.2, -0.15) is 5.10 Å². The highest BCUT2D eigenvalue weighted by Crippen LogP contribution is 2.41. The minimum atomic E-state index is -1.12. The summed E-state index contributed by atoms with van der Waals surface area (Å²) in [5.74, 6) is -0.129. The van der Waals surface area contributed by atoms with E-state index in [2.05, 4.69) is 10.1 Å². The Labute approximate surface area is 125 Å². The molecule has 21 heavy (non-hydrogen) atoms. The van der Waals surface area contributed by atoms with Gasteiger partial charge in [0, 0.05) is 23.5 Å². The number of carbonyl (C=O) groups is 1. The van der Waals surface area contributed by atoms with Gasteiger partial charge < -0.3 is 4.90 Å². The molecule has 1 amide bonds. The van der Waals surface area contributed by atoms with E-state index in [0.717, 1.165) is 5.56 Å². The third-order valence-corrected chi connectivity index (χ3v) is 4.29. The summed E-state index contributed by atoms with van der Waals surface area (Å²) in [6.45, 7) is 0.609. The summed E-state index contributed by atoms with van der Waals surface area (Å²) in [5, 5.41) is 4.48. The molecule has 0 bridgehead atoms. The fourth-order valence-corrected chi connectivity index (χ4v) is 2.78. The van der Waals surface area contributed by atoms with E-state index in [1.54, 1.807) is 28.0 Å². The van der Waals surface area contributed by atoms with Crippen molar-refractivity contribution in [2.24, 2.45) is 0 Å². The van der Waals surface area contributed by atoms with Crippen molar-refractivity contribution < 1.29 is 9.18 Å². The summed E-state index contributed by atoms with van der Waals surface area (Å²) in [7, 11) is 0. The zero-order valence-corrected chi connectivity index (χ0v) is 11.8. The quantitative estimate of drug-likeness (QED) is 0.819. The smallest absolute Gasteiger partial charge is 0.259 e. The normalized spacial score (nSPS) is 19.0. The molecule has 1 aliphatic carbocycles. The second-order valence-corrected chi connectivity index (χ2v) is 5.92. The fourth-order valence-electron chi connectivity index (χ4n) is 2.56. The third kappa shape index (κ3) is 2.10. The molecule has 7 heteroatoms. The van der Waals surface area contributed by atoms with Crippen LogP contribution in [0.4, 0.5) is 10.1 Å². The molecule has 108 valence electrons. The van der Waals surface area contributed by atoms with Crippen LogP contribution in [0.2, 0.25) is 5.15 Å². The van der Waals surface area contributed by atoms with Crippen LogP contribution in [-0.2, 0) is 13.1 Å². The molecular formula is C14H12ClFN4O. The minimum absolute atomic E-state index is 0.129. The van der Waals surface area contributed by atoms with Crippen LogP contribution in [-0.4, -0.2) is 26.3 Å². The molecule has 0 saturated heterocycles. The van der Waals surface area contributed by atoms with Crippen molar-refractivity contribution >= 4 is 23.2 Å². The monoisotopic (exact) mass is 306 g/mol. The molecule has 2 aromatic rings. The van der Waals surface area contributed by atoms with E-state index in [1.165, 1.54) is 6.20 Å². The SMILES string of the molecule is O=C1c2ccnc(Cl)c2CN1c1cnn(CC2(F)CC2)c1. The van der Waals surface area contributed by atoms with Gasteiger partial charge in [-0.15, -0.1) is 0 Å². The van der Waals surface area contributed by atoms with Gasteiger partial charge in [-0.05, 0) is 18.9 Å². The Balaban J connectivity index is 1.61. The van der Waals surface area contributed by atoms with Crippen LogP contribution in [0, 0.1) is 0 Å². The number of fused-ring (bicyclic) bond motifs is 1. The molecule has 2 aliphatic rings. The van der Waals surface area contributed by atoms with Crippen LogP contribution in [0.1, 0.15) is 28.8 Å². The van der Waals surface area contributed by atoms with Gasteiger partial charge in [0.2, 0.25) is 0 Å². The molecule has 0 atom stereocenters. The van der Waals surface area contributed by atoms with E-state index in [4.69, 9.17) is 11.6 Å². The van der Waals surface area contributed by atoms with Crippen molar-refractivity contribution in [3.8, 4) is 0 Å². The minimum Gasteiger partial charge on any atom is -0.301 e. The summed E-state index contributed by atoms with van der Waals surface area (Å²) >= 11 is 6.03. The summed E-state index contributed by atoms with van der Waals surface area (Å²) in [6, 6.07) is 1.66. The molecule has 0 N–H and O–H groups in total. The lowest BCUT2D eigenvalue weighted by atomic mass is 10.2. The Bertz CT molecular complexity index is 740. The summed E-state index contributed by atoms with van der Waals surface area (Å²) in [5.41, 5.74) is 0.818. The molecule has 0 unspecified atom stereocenters. The molecule has 0 aromatic carbocycles. The predicted molar refractivity (Wildman–Crippen MR) is 75.1 cm³/mol. The Morgan fingerprint density at radius 2 is 2.24 bits per heavy atom. The van der Waals surface area contributed by atoms with Crippen LogP contribution in [0.5, 0.6) is 0 Å². The summed E-state index contributed by atoms with van der Waals surface area (Å²) in [6.07, 6.45) is 5.96. The number of nitrogens with zero attached hydrogens (tertiary/aromatic N) is 4. The molecule has 0 spiro atoms. The third-order valence-electron chi connectivity index (χ3n) is 3.96. The van der Waals surface area contributed by atoms with Crippen molar-refractivity contribution in [2.45, 2.75) is 31.6 Å². The number of hydrogen-bond donors (Lipinski definition) is 0. The largest absolute Gasteiger partial charge is 0.301 e. The first kappa shape index (κ1) is 12.8. The number of hydrogen-bond acceptors (Lipinski definition) is 3. The number of aromatic nitrogens is 3. The maximum Gasteiger partial charge on any atom is 0.259 e. The average molecular weight is 307 g/mol. The maximum atomic E-state index is 13.7. The van der Waals surface area contributed by atoms with E-state index in [-0.39, 0.29) is 12.5 Å². The zero-order chi connectivity index (χ0) is 14.6. The average Bonchev–Trinajstić information content (AvgIpc) is 2.85. The van der Waals surface area contributed by atoms with Gasteiger partial charge in [-0.1, -0.05) is 11.6 Å². The van der Waals surface area contributed by atoms with Crippen molar-refractivity contribution in [3.63, 3.8) is 0 Å². The van der Waals surface area contributed by atoms with Gasteiger partial charge in [0.05, 0.1) is 25.0 Å². The Kier molecular flexibility index (Phi) is 2.60. The summed E-state index contributed by atoms with van der Waals surface area (Å²) in [4.78, 5) is 18.0. The topological polar surface area (TPSA) is 51.0 Å². The van der Waals surface area contributed by atoms with Gasteiger partial charge in [0.1, 0.15) is 10.8 Å². The molecule has 1 aliphatic heterocycles. The molecule has 2 aromatic heterocycles. The van der Waals surface area contributed by atoms with Crippen LogP contribution in [0.25, 0.3) is 0 Å². The lowest BCUT2D eigenvalue weighted by Gasteiger charge is -2.12. The molecular weight excluding hydrogens is 295 g/mol. The first-order valence-electron chi connectivity index (χ1n) is 6.72. The zero-order valence-electron chi connectivity index (χ0n) is 11.1.